The monoisotopic (exact) mass is 418 g/mol. The predicted octanol–water partition coefficient (Wildman–Crippen LogP) is 3.11. The lowest BCUT2D eigenvalue weighted by Gasteiger charge is -2.22. The lowest BCUT2D eigenvalue weighted by Crippen LogP contribution is -2.36. The van der Waals surface area contributed by atoms with E-state index in [4.69, 9.17) is 9.47 Å². The number of carbonyl (C=O) groups is 2. The fraction of sp³-hybridized carbons (Fsp3) is 0.217. The van der Waals surface area contributed by atoms with E-state index in [1.54, 1.807) is 17.8 Å². The van der Waals surface area contributed by atoms with Gasteiger partial charge >= 0.3 is 11.9 Å². The highest BCUT2D eigenvalue weighted by Gasteiger charge is 2.37. The zero-order valence-electron chi connectivity index (χ0n) is 17.0. The molecule has 0 amide bonds. The van der Waals surface area contributed by atoms with Crippen molar-refractivity contribution in [2.45, 2.75) is 26.0 Å². The second-order valence-corrected chi connectivity index (χ2v) is 6.89. The van der Waals surface area contributed by atoms with Crippen LogP contribution in [-0.2, 0) is 25.7 Å². The van der Waals surface area contributed by atoms with Gasteiger partial charge in [0.1, 0.15) is 12.3 Å². The van der Waals surface area contributed by atoms with Crippen LogP contribution in [0.2, 0.25) is 0 Å². The molecule has 0 spiro atoms. The Morgan fingerprint density at radius 3 is 2.45 bits per heavy atom. The van der Waals surface area contributed by atoms with Crippen molar-refractivity contribution in [3.63, 3.8) is 0 Å². The zero-order chi connectivity index (χ0) is 21.6. The second-order valence-electron chi connectivity index (χ2n) is 6.89. The van der Waals surface area contributed by atoms with E-state index in [-0.39, 0.29) is 25.3 Å². The third kappa shape index (κ3) is 4.63. The van der Waals surface area contributed by atoms with Gasteiger partial charge in [-0.1, -0.05) is 30.3 Å². The molecule has 0 radical (unpaired) electrons. The Hall–Kier alpha value is -3.94. The molecule has 0 saturated carbocycles. The van der Waals surface area contributed by atoms with E-state index in [0.717, 1.165) is 11.3 Å². The van der Waals surface area contributed by atoms with Crippen LogP contribution in [0.25, 0.3) is 5.69 Å². The third-order valence-corrected chi connectivity index (χ3v) is 4.80. The van der Waals surface area contributed by atoms with Gasteiger partial charge in [-0.15, -0.1) is 0 Å². The first-order valence-corrected chi connectivity index (χ1v) is 10.00. The second kappa shape index (κ2) is 9.25. The molecule has 8 nitrogen and oxygen atoms in total. The summed E-state index contributed by atoms with van der Waals surface area (Å²) in [4.78, 5) is 25.0. The summed E-state index contributed by atoms with van der Waals surface area (Å²) >= 11 is 0. The van der Waals surface area contributed by atoms with Gasteiger partial charge in [0.15, 0.2) is 6.04 Å². The largest absolute Gasteiger partial charge is 0.461 e. The lowest BCUT2D eigenvalue weighted by atomic mass is 10.1. The van der Waals surface area contributed by atoms with Gasteiger partial charge in [0.2, 0.25) is 0 Å². The van der Waals surface area contributed by atoms with Crippen LogP contribution in [0.4, 0.5) is 5.69 Å². The predicted molar refractivity (Wildman–Crippen MR) is 115 cm³/mol. The van der Waals surface area contributed by atoms with Gasteiger partial charge in [-0.3, -0.25) is 5.01 Å². The van der Waals surface area contributed by atoms with Crippen molar-refractivity contribution in [2.75, 3.05) is 11.6 Å². The molecule has 0 aliphatic carbocycles. The number of esters is 2. The quantitative estimate of drug-likeness (QED) is 0.548. The van der Waals surface area contributed by atoms with Crippen LogP contribution in [0.15, 0.2) is 78.2 Å². The topological polar surface area (TPSA) is 86.0 Å². The standard InChI is InChI=1S/C23H22N4O4/c1-2-30-22(28)20-15-21(27(25-20)19-7-4-3-5-8-19)23(29)31-16-17-9-11-18(12-10-17)26-14-6-13-24-26/h3-14,21H,2,15-16H2,1H3. The van der Waals surface area contributed by atoms with E-state index in [9.17, 15) is 9.59 Å². The van der Waals surface area contributed by atoms with Gasteiger partial charge in [-0.05, 0) is 42.8 Å². The molecule has 0 N–H and O–H groups in total. The molecule has 3 aromatic rings. The Balaban J connectivity index is 1.44. The van der Waals surface area contributed by atoms with Crippen LogP contribution in [-0.4, -0.2) is 40.1 Å². The number of para-hydroxylation sites is 1. The molecule has 2 heterocycles. The number of carbonyl (C=O) groups excluding carboxylic acids is 2. The number of benzene rings is 2. The highest BCUT2D eigenvalue weighted by molar-refractivity contribution is 6.38. The SMILES string of the molecule is CCOC(=O)C1=NN(c2ccccc2)C(C(=O)OCc2ccc(-n3cccn3)cc2)C1. The van der Waals surface area contributed by atoms with Crippen molar-refractivity contribution >= 4 is 23.3 Å². The van der Waals surface area contributed by atoms with Gasteiger partial charge in [-0.2, -0.15) is 10.2 Å². The maximum Gasteiger partial charge on any atom is 0.354 e. The minimum Gasteiger partial charge on any atom is -0.461 e. The number of nitrogens with zero attached hydrogens (tertiary/aromatic N) is 4. The van der Waals surface area contributed by atoms with Gasteiger partial charge in [-0.25, -0.2) is 14.3 Å². The summed E-state index contributed by atoms with van der Waals surface area (Å²) in [6.45, 7) is 2.09. The van der Waals surface area contributed by atoms with E-state index in [2.05, 4.69) is 10.2 Å². The van der Waals surface area contributed by atoms with Crippen molar-refractivity contribution < 1.29 is 19.1 Å². The third-order valence-electron chi connectivity index (χ3n) is 4.80. The molecule has 1 aliphatic rings. The number of hydrogen-bond acceptors (Lipinski definition) is 7. The van der Waals surface area contributed by atoms with Crippen molar-refractivity contribution in [3.8, 4) is 5.69 Å². The number of rotatable bonds is 7. The summed E-state index contributed by atoms with van der Waals surface area (Å²) in [5.74, 6) is -0.976. The van der Waals surface area contributed by atoms with Crippen LogP contribution in [0, 0.1) is 0 Å². The van der Waals surface area contributed by atoms with Crippen LogP contribution in [0.1, 0.15) is 18.9 Å². The summed E-state index contributed by atoms with van der Waals surface area (Å²) in [5, 5.41) is 10.1. The molecular formula is C23H22N4O4. The molecule has 31 heavy (non-hydrogen) atoms. The van der Waals surface area contributed by atoms with E-state index >= 15 is 0 Å². The zero-order valence-corrected chi connectivity index (χ0v) is 17.0. The number of aromatic nitrogens is 2. The van der Waals surface area contributed by atoms with Gasteiger partial charge in [0, 0.05) is 18.8 Å². The molecule has 0 bridgehead atoms. The maximum atomic E-state index is 12.9. The first kappa shape index (κ1) is 20.3. The number of hydrogen-bond donors (Lipinski definition) is 0. The molecule has 1 atom stereocenters. The van der Waals surface area contributed by atoms with E-state index in [1.165, 1.54) is 5.01 Å². The molecule has 0 fully saturated rings. The Bertz CT molecular complexity index is 1060. The summed E-state index contributed by atoms with van der Waals surface area (Å²) < 4.78 is 12.4. The number of ether oxygens (including phenoxy) is 2. The van der Waals surface area contributed by atoms with Crippen molar-refractivity contribution in [3.05, 3.63) is 78.6 Å². The fourth-order valence-corrected chi connectivity index (χ4v) is 3.27. The van der Waals surface area contributed by atoms with E-state index in [0.29, 0.717) is 5.69 Å². The Morgan fingerprint density at radius 1 is 1.00 bits per heavy atom. The first-order valence-electron chi connectivity index (χ1n) is 10.00. The average molecular weight is 418 g/mol. The summed E-state index contributed by atoms with van der Waals surface area (Å²) in [6, 6.07) is 17.9. The van der Waals surface area contributed by atoms with E-state index in [1.807, 2.05) is 66.9 Å². The minimum atomic E-state index is -0.731. The highest BCUT2D eigenvalue weighted by Crippen LogP contribution is 2.26. The Kier molecular flexibility index (Phi) is 6.07. The highest BCUT2D eigenvalue weighted by atomic mass is 16.5. The van der Waals surface area contributed by atoms with E-state index < -0.39 is 18.0 Å². The first-order chi connectivity index (χ1) is 15.2. The van der Waals surface area contributed by atoms with Crippen molar-refractivity contribution in [1.82, 2.24) is 9.78 Å². The smallest absolute Gasteiger partial charge is 0.354 e. The van der Waals surface area contributed by atoms with Crippen LogP contribution in [0.5, 0.6) is 0 Å². The van der Waals surface area contributed by atoms with Crippen LogP contribution >= 0.6 is 0 Å². The van der Waals surface area contributed by atoms with Gasteiger partial charge in [0.05, 0.1) is 18.0 Å². The Labute approximate surface area is 179 Å². The molecule has 0 saturated heterocycles. The molecule has 158 valence electrons. The summed E-state index contributed by atoms with van der Waals surface area (Å²) in [5.41, 5.74) is 2.67. The average Bonchev–Trinajstić information content (AvgIpc) is 3.49. The normalized spacial score (nSPS) is 15.5. The molecular weight excluding hydrogens is 396 g/mol. The molecule has 1 aliphatic heterocycles. The summed E-state index contributed by atoms with van der Waals surface area (Å²) in [6.07, 6.45) is 3.70. The molecule has 4 rings (SSSR count). The molecule has 1 unspecified atom stereocenters. The Morgan fingerprint density at radius 2 is 1.77 bits per heavy atom. The van der Waals surface area contributed by atoms with Gasteiger partial charge < -0.3 is 9.47 Å². The molecule has 8 heteroatoms. The van der Waals surface area contributed by atoms with Crippen LogP contribution in [0.3, 0.4) is 0 Å². The van der Waals surface area contributed by atoms with Crippen LogP contribution < -0.4 is 5.01 Å². The van der Waals surface area contributed by atoms with Crippen molar-refractivity contribution in [1.29, 1.82) is 0 Å². The lowest BCUT2D eigenvalue weighted by molar-refractivity contribution is -0.146. The number of anilines is 1. The fourth-order valence-electron chi connectivity index (χ4n) is 3.27. The minimum absolute atomic E-state index is 0.117. The summed E-state index contributed by atoms with van der Waals surface area (Å²) in [7, 11) is 0. The molecule has 1 aromatic heterocycles. The molecule has 2 aromatic carbocycles. The number of hydrazone groups is 1. The maximum absolute atomic E-state index is 12.9. The van der Waals surface area contributed by atoms with Crippen molar-refractivity contribution in [2.24, 2.45) is 5.10 Å². The van der Waals surface area contributed by atoms with Gasteiger partial charge in [0.25, 0.3) is 0 Å².